The highest BCUT2D eigenvalue weighted by atomic mass is 79.9. The topological polar surface area (TPSA) is 57.5 Å². The molecule has 2 aromatic rings. The summed E-state index contributed by atoms with van der Waals surface area (Å²) in [5.41, 5.74) is -4.85. The van der Waals surface area contributed by atoms with Gasteiger partial charge in [0, 0.05) is 21.5 Å². The predicted octanol–water partition coefficient (Wildman–Crippen LogP) is 6.13. The van der Waals surface area contributed by atoms with Gasteiger partial charge in [0.15, 0.2) is 0 Å². The lowest BCUT2D eigenvalue weighted by Gasteiger charge is -2.19. The van der Waals surface area contributed by atoms with Crippen LogP contribution in [0, 0.1) is 0 Å². The molecule has 0 aromatic heterocycles. The van der Waals surface area contributed by atoms with E-state index in [4.69, 9.17) is 9.79 Å². The Kier molecular flexibility index (Phi) is 6.80. The zero-order chi connectivity index (χ0) is 20.5. The van der Waals surface area contributed by atoms with Crippen molar-refractivity contribution in [2.75, 3.05) is 0 Å². The second kappa shape index (κ2) is 8.21. The van der Waals surface area contributed by atoms with Crippen LogP contribution in [0.25, 0.3) is 0 Å². The summed E-state index contributed by atoms with van der Waals surface area (Å²) >= 11 is 4.16. The van der Waals surface area contributed by atoms with Gasteiger partial charge in [-0.2, -0.15) is 33.7 Å². The van der Waals surface area contributed by atoms with Crippen molar-refractivity contribution in [3.05, 3.63) is 69.2 Å². The van der Waals surface area contributed by atoms with Gasteiger partial charge in [-0.25, -0.2) is 0 Å². The first-order valence-electron chi connectivity index (χ1n) is 7.28. The number of hydrogen-bond acceptors (Lipinski definition) is 2. The first-order chi connectivity index (χ1) is 12.3. The molecule has 27 heavy (non-hydrogen) atoms. The van der Waals surface area contributed by atoms with Gasteiger partial charge in [-0.05, 0) is 23.3 Å². The predicted molar refractivity (Wildman–Crippen MR) is 96.5 cm³/mol. The number of halogens is 6. The summed E-state index contributed by atoms with van der Waals surface area (Å²) in [7, 11) is -5.67. The van der Waals surface area contributed by atoms with Crippen LogP contribution in [0.3, 0.4) is 0 Å². The first kappa shape index (κ1) is 22.4. The van der Waals surface area contributed by atoms with Gasteiger partial charge in [0.25, 0.3) is 0 Å². The summed E-state index contributed by atoms with van der Waals surface area (Å²) in [6, 6.07) is 8.41. The van der Waals surface area contributed by atoms with Gasteiger partial charge in [-0.15, -0.1) is 0 Å². The molecule has 3 nitrogen and oxygen atoms in total. The third kappa shape index (κ3) is 5.54. The average Bonchev–Trinajstić information content (AvgIpc) is 2.53. The van der Waals surface area contributed by atoms with Crippen LogP contribution >= 0.6 is 35.3 Å². The van der Waals surface area contributed by atoms with Crippen molar-refractivity contribution in [3.8, 4) is 0 Å². The molecule has 0 fully saturated rings. The molecule has 2 rings (SSSR count). The Morgan fingerprint density at radius 3 is 2.07 bits per heavy atom. The van der Waals surface area contributed by atoms with E-state index in [0.717, 1.165) is 18.2 Å². The normalized spacial score (nSPS) is 13.0. The quantitative estimate of drug-likeness (QED) is 0.377. The number of benzene rings is 2. The minimum Gasteiger partial charge on any atom is -0.320 e. The van der Waals surface area contributed by atoms with Crippen molar-refractivity contribution < 1.29 is 36.3 Å². The van der Waals surface area contributed by atoms with Crippen LogP contribution in [0.2, 0.25) is 0 Å². The van der Waals surface area contributed by atoms with Gasteiger partial charge in [-0.3, -0.25) is 4.57 Å². The lowest BCUT2D eigenvalue weighted by Crippen LogP contribution is -2.14. The zero-order valence-corrected chi connectivity index (χ0v) is 16.7. The highest BCUT2D eigenvalue weighted by Gasteiger charge is 2.51. The molecular formula is C16H13BrF5O3PS. The van der Waals surface area contributed by atoms with Crippen molar-refractivity contribution in [1.29, 1.82) is 0 Å². The molecule has 0 bridgehead atoms. The van der Waals surface area contributed by atoms with Crippen LogP contribution < -0.4 is 0 Å². The van der Waals surface area contributed by atoms with E-state index in [0.29, 0.717) is 16.9 Å². The third-order valence-corrected chi connectivity index (χ3v) is 6.22. The van der Waals surface area contributed by atoms with E-state index in [9.17, 15) is 26.5 Å². The Labute approximate surface area is 164 Å². The maximum Gasteiger partial charge on any atom is 0.416 e. The largest absolute Gasteiger partial charge is 0.416 e. The number of thioether (sulfide) groups is 1. The van der Waals surface area contributed by atoms with Crippen molar-refractivity contribution in [2.45, 2.75) is 23.3 Å². The van der Waals surface area contributed by atoms with Crippen LogP contribution in [0.1, 0.15) is 22.3 Å². The van der Waals surface area contributed by atoms with Crippen molar-refractivity contribution >= 4 is 35.3 Å². The van der Waals surface area contributed by atoms with Crippen molar-refractivity contribution in [3.63, 3.8) is 0 Å². The first-order valence-corrected chi connectivity index (χ1v) is 10.8. The Morgan fingerprint density at radius 2 is 1.56 bits per heavy atom. The molecule has 0 saturated heterocycles. The van der Waals surface area contributed by atoms with Gasteiger partial charge in [0.1, 0.15) is 0 Å². The summed E-state index contributed by atoms with van der Waals surface area (Å²) in [6.07, 6.45) is -4.43. The Bertz CT molecular complexity index is 869. The molecule has 0 radical (unpaired) electrons. The van der Waals surface area contributed by atoms with Crippen LogP contribution in [-0.4, -0.2) is 9.79 Å². The van der Waals surface area contributed by atoms with E-state index in [1.807, 2.05) is 0 Å². The summed E-state index contributed by atoms with van der Waals surface area (Å²) in [5, 5.41) is 0. The smallest absolute Gasteiger partial charge is 0.320 e. The fourth-order valence-corrected chi connectivity index (χ4v) is 4.44. The van der Waals surface area contributed by atoms with Gasteiger partial charge in [0.2, 0.25) is 0 Å². The molecule has 0 heterocycles. The lowest BCUT2D eigenvalue weighted by molar-refractivity contribution is -0.137. The Morgan fingerprint density at radius 1 is 0.963 bits per heavy atom. The highest BCUT2D eigenvalue weighted by Crippen LogP contribution is 2.60. The maximum atomic E-state index is 13.8. The summed E-state index contributed by atoms with van der Waals surface area (Å²) in [5.74, 6) is 0.596. The van der Waals surface area contributed by atoms with E-state index >= 15 is 0 Å². The molecule has 2 N–H and O–H groups in total. The van der Waals surface area contributed by atoms with Gasteiger partial charge in [-0.1, -0.05) is 46.3 Å². The Hall–Kier alpha value is -0.930. The van der Waals surface area contributed by atoms with Crippen molar-refractivity contribution in [1.82, 2.24) is 0 Å². The minimum absolute atomic E-state index is 0.159. The fourth-order valence-electron chi connectivity index (χ4n) is 2.17. The van der Waals surface area contributed by atoms with E-state index in [2.05, 4.69) is 15.9 Å². The minimum atomic E-state index is -5.67. The molecule has 0 spiro atoms. The molecule has 0 aliphatic carbocycles. The average molecular weight is 491 g/mol. The summed E-state index contributed by atoms with van der Waals surface area (Å²) in [6.45, 7) is 0. The van der Waals surface area contributed by atoms with Gasteiger partial charge >= 0.3 is 19.4 Å². The van der Waals surface area contributed by atoms with Crippen LogP contribution in [0.15, 0.2) is 46.9 Å². The van der Waals surface area contributed by atoms with Gasteiger partial charge < -0.3 is 9.79 Å². The van der Waals surface area contributed by atoms with Crippen LogP contribution in [0.4, 0.5) is 22.0 Å². The van der Waals surface area contributed by atoms with Crippen molar-refractivity contribution in [2.24, 2.45) is 0 Å². The standard InChI is InChI=1S/C16H13BrF5O3PS/c17-14-7-11(4-5-13(14)16(21,22)26(23,24)25)9-27-8-10-2-1-3-12(6-10)15(18,19)20/h1-7H,8-9H2,(H2,23,24,25). The molecule has 0 atom stereocenters. The molecule has 0 aliphatic heterocycles. The maximum absolute atomic E-state index is 13.8. The molecule has 0 saturated carbocycles. The molecule has 0 amide bonds. The molecule has 148 valence electrons. The summed E-state index contributed by atoms with van der Waals surface area (Å²) < 4.78 is 76.4. The molecule has 0 aliphatic rings. The van der Waals surface area contributed by atoms with Crippen LogP contribution in [-0.2, 0) is 27.9 Å². The molecule has 0 unspecified atom stereocenters. The monoisotopic (exact) mass is 490 g/mol. The summed E-state index contributed by atoms with van der Waals surface area (Å²) in [4.78, 5) is 17.6. The fraction of sp³-hybridized carbons (Fsp3) is 0.250. The van der Waals surface area contributed by atoms with Crippen LogP contribution in [0.5, 0.6) is 0 Å². The number of rotatable bonds is 6. The van der Waals surface area contributed by atoms with E-state index < -0.39 is 30.6 Å². The van der Waals surface area contributed by atoms with Gasteiger partial charge in [0.05, 0.1) is 5.56 Å². The SMILES string of the molecule is O=P(O)(O)C(F)(F)c1ccc(CSCc2cccc(C(F)(F)F)c2)cc1Br. The molecular weight excluding hydrogens is 478 g/mol. The highest BCUT2D eigenvalue weighted by molar-refractivity contribution is 9.10. The number of hydrogen-bond donors (Lipinski definition) is 2. The Balaban J connectivity index is 2.06. The zero-order valence-electron chi connectivity index (χ0n) is 13.4. The molecule has 2 aromatic carbocycles. The third-order valence-electron chi connectivity index (χ3n) is 3.52. The molecule has 11 heteroatoms. The van der Waals surface area contributed by atoms with E-state index in [1.54, 1.807) is 6.07 Å². The lowest BCUT2D eigenvalue weighted by atomic mass is 10.1. The van der Waals surface area contributed by atoms with E-state index in [-0.39, 0.29) is 10.2 Å². The second-order valence-electron chi connectivity index (χ2n) is 5.59. The number of alkyl halides is 5. The van der Waals surface area contributed by atoms with E-state index in [1.165, 1.54) is 30.0 Å². The second-order valence-corrected chi connectivity index (χ2v) is 9.08.